The van der Waals surface area contributed by atoms with Crippen LogP contribution in [0.15, 0.2) is 4.99 Å². The van der Waals surface area contributed by atoms with Gasteiger partial charge in [0, 0.05) is 58.2 Å². The van der Waals surface area contributed by atoms with Crippen LogP contribution in [0.5, 0.6) is 0 Å². The number of hydrogen-bond acceptors (Lipinski definition) is 11. The Hall–Kier alpha value is -2.53. The van der Waals surface area contributed by atoms with Crippen LogP contribution < -0.4 is 0 Å². The molecule has 0 aromatic rings. The summed E-state index contributed by atoms with van der Waals surface area (Å²) in [6.45, 7) is 21.8. The lowest BCUT2D eigenvalue weighted by atomic mass is 9.35. The van der Waals surface area contributed by atoms with Gasteiger partial charge >= 0.3 is 23.9 Å². The first-order valence-electron chi connectivity index (χ1n) is 19.1. The molecule has 50 heavy (non-hydrogen) atoms. The molecule has 5 fully saturated rings. The molecule has 0 radical (unpaired) electrons. The summed E-state index contributed by atoms with van der Waals surface area (Å²) in [5.41, 5.74) is -0.757. The Bertz CT molecular complexity index is 1270. The molecule has 4 aliphatic carbocycles. The van der Waals surface area contributed by atoms with Gasteiger partial charge in [-0.3, -0.25) is 29.1 Å². The van der Waals surface area contributed by atoms with Gasteiger partial charge in [-0.05, 0) is 98.5 Å². The smallest absolute Gasteiger partial charge is 0.305 e. The number of hydrogen-bond donors (Lipinski definition) is 0. The lowest BCUT2D eigenvalue weighted by Crippen LogP contribution is -2.67. The first kappa shape index (κ1) is 38.7. The van der Waals surface area contributed by atoms with E-state index in [9.17, 15) is 19.2 Å². The predicted octanol–water partition coefficient (Wildman–Crippen LogP) is 5.62. The van der Waals surface area contributed by atoms with Crippen LogP contribution in [0.1, 0.15) is 106 Å². The highest BCUT2D eigenvalue weighted by Gasteiger charge is 2.72. The molecule has 1 saturated heterocycles. The van der Waals surface area contributed by atoms with Crippen LogP contribution in [0.25, 0.3) is 0 Å². The minimum Gasteiger partial charge on any atom is -0.464 e. The van der Waals surface area contributed by atoms with Crippen molar-refractivity contribution < 1.29 is 42.9 Å². The molecule has 0 bridgehead atoms. The zero-order valence-electron chi connectivity index (χ0n) is 31.6. The molecule has 282 valence electrons. The third-order valence-corrected chi connectivity index (χ3v) is 14.4. The van der Waals surface area contributed by atoms with Crippen LogP contribution >= 0.6 is 0 Å². The summed E-state index contributed by atoms with van der Waals surface area (Å²) in [5, 5.41) is 0. The number of aliphatic imine (C=N–C) groups is 1. The van der Waals surface area contributed by atoms with Gasteiger partial charge in [0.05, 0.1) is 13.2 Å². The molecule has 1 heterocycles. The maximum Gasteiger partial charge on any atom is 0.305 e. The van der Waals surface area contributed by atoms with Crippen LogP contribution in [-0.2, 0) is 42.9 Å². The highest BCUT2D eigenvalue weighted by Crippen LogP contribution is 2.75. The molecular formula is C39H62N2O9. The van der Waals surface area contributed by atoms with Crippen molar-refractivity contribution in [3.63, 3.8) is 0 Å². The Kier molecular flexibility index (Phi) is 12.1. The van der Waals surface area contributed by atoms with Crippen LogP contribution in [-0.4, -0.2) is 93.4 Å². The molecule has 12 atom stereocenters. The van der Waals surface area contributed by atoms with Gasteiger partial charge in [-0.1, -0.05) is 27.7 Å². The molecule has 11 nitrogen and oxygen atoms in total. The van der Waals surface area contributed by atoms with Gasteiger partial charge in [0.2, 0.25) is 0 Å². The number of morpholine rings is 1. The molecule has 0 aromatic heterocycles. The summed E-state index contributed by atoms with van der Waals surface area (Å²) in [5.74, 6) is -0.278. The summed E-state index contributed by atoms with van der Waals surface area (Å²) < 4.78 is 29.1. The topological polar surface area (TPSA) is 130 Å². The van der Waals surface area contributed by atoms with Crippen molar-refractivity contribution in [1.82, 2.24) is 4.90 Å². The molecule has 5 aliphatic rings. The highest BCUT2D eigenvalue weighted by atomic mass is 16.6. The summed E-state index contributed by atoms with van der Waals surface area (Å²) in [6, 6.07) is 0. The number of rotatable bonds is 12. The fourth-order valence-electron chi connectivity index (χ4n) is 11.9. The van der Waals surface area contributed by atoms with Gasteiger partial charge < -0.3 is 23.7 Å². The van der Waals surface area contributed by atoms with E-state index in [0.29, 0.717) is 39.1 Å². The molecule has 4 saturated carbocycles. The molecule has 0 amide bonds. The highest BCUT2D eigenvalue weighted by molar-refractivity contribution is 5.69. The van der Waals surface area contributed by atoms with E-state index in [2.05, 4.69) is 44.3 Å². The fourth-order valence-corrected chi connectivity index (χ4v) is 11.9. The SMILES string of the molecule is C=NC(OC(C)=O)[C@@H]1C[C@@H]2C[C@H](OC(C)=O)CC[C@]2(C)[C@@]2(C)CC(OC(C)=O)[C@@]3(C)C(CC[C@@H]3C(C)CCC(=O)OCCN3CCOCC3)[C@H]12. The monoisotopic (exact) mass is 702 g/mol. The van der Waals surface area contributed by atoms with Crippen molar-refractivity contribution in [1.29, 1.82) is 0 Å². The van der Waals surface area contributed by atoms with E-state index in [4.69, 9.17) is 23.7 Å². The third kappa shape index (κ3) is 7.50. The number of fused-ring (bicyclic) bond motifs is 5. The van der Waals surface area contributed by atoms with Gasteiger partial charge in [0.15, 0.2) is 6.23 Å². The normalized spacial score (nSPS) is 39.5. The Labute approximate surface area is 298 Å². The Morgan fingerprint density at radius 3 is 2.28 bits per heavy atom. The Morgan fingerprint density at radius 2 is 1.64 bits per heavy atom. The maximum atomic E-state index is 12.9. The second-order valence-electron chi connectivity index (χ2n) is 16.8. The van der Waals surface area contributed by atoms with Crippen molar-refractivity contribution in [3.05, 3.63) is 0 Å². The number of carbonyl (C=O) groups excluding carboxylic acids is 4. The molecule has 0 spiro atoms. The molecule has 1 aliphatic heterocycles. The molecule has 5 rings (SSSR count). The van der Waals surface area contributed by atoms with Crippen LogP contribution in [0, 0.1) is 51.8 Å². The van der Waals surface area contributed by atoms with Gasteiger partial charge in [0.1, 0.15) is 18.8 Å². The van der Waals surface area contributed by atoms with Crippen LogP contribution in [0.3, 0.4) is 0 Å². The summed E-state index contributed by atoms with van der Waals surface area (Å²) >= 11 is 0. The first-order chi connectivity index (χ1) is 23.6. The predicted molar refractivity (Wildman–Crippen MR) is 187 cm³/mol. The molecule has 0 N–H and O–H groups in total. The summed E-state index contributed by atoms with van der Waals surface area (Å²) in [4.78, 5) is 56.8. The fraction of sp³-hybridized carbons (Fsp3) is 0.872. The quantitative estimate of drug-likeness (QED) is 0.144. The van der Waals surface area contributed by atoms with Crippen molar-refractivity contribution in [3.8, 4) is 0 Å². The largest absolute Gasteiger partial charge is 0.464 e. The van der Waals surface area contributed by atoms with Crippen LogP contribution in [0.2, 0.25) is 0 Å². The van der Waals surface area contributed by atoms with E-state index < -0.39 is 6.23 Å². The lowest BCUT2D eigenvalue weighted by molar-refractivity contribution is -0.256. The van der Waals surface area contributed by atoms with E-state index in [-0.39, 0.29) is 87.8 Å². The minimum absolute atomic E-state index is 0.0892. The van der Waals surface area contributed by atoms with Crippen LogP contribution in [0.4, 0.5) is 0 Å². The average molecular weight is 703 g/mol. The first-order valence-corrected chi connectivity index (χ1v) is 19.1. The Morgan fingerprint density at radius 1 is 0.940 bits per heavy atom. The molecule has 0 aromatic carbocycles. The molecule has 11 heteroatoms. The number of ether oxygens (including phenoxy) is 5. The van der Waals surface area contributed by atoms with Gasteiger partial charge in [-0.15, -0.1) is 0 Å². The lowest BCUT2D eigenvalue weighted by Gasteiger charge is -2.70. The van der Waals surface area contributed by atoms with Crippen molar-refractivity contribution in [2.45, 2.75) is 125 Å². The Balaban J connectivity index is 1.41. The second-order valence-corrected chi connectivity index (χ2v) is 16.8. The van der Waals surface area contributed by atoms with E-state index >= 15 is 0 Å². The summed E-state index contributed by atoms with van der Waals surface area (Å²) in [7, 11) is 0. The number of esters is 4. The van der Waals surface area contributed by atoms with Gasteiger partial charge in [-0.2, -0.15) is 0 Å². The summed E-state index contributed by atoms with van der Waals surface area (Å²) in [6.07, 6.45) is 5.66. The third-order valence-electron chi connectivity index (χ3n) is 14.4. The van der Waals surface area contributed by atoms with Gasteiger partial charge in [-0.25, -0.2) is 0 Å². The maximum absolute atomic E-state index is 12.9. The van der Waals surface area contributed by atoms with Crippen molar-refractivity contribution in [2.24, 2.45) is 56.7 Å². The number of carbonyl (C=O) groups is 4. The molecule has 4 unspecified atom stereocenters. The standard InChI is InChI=1S/C39H62N2O9/c1-24(9-12-34(45)47-20-17-41-15-18-46-19-16-41)31-10-11-32-35-30(36(40-8)50-27(4)44)22-28-21-29(48-25(2)42)13-14-37(28,5)38(35,6)23-33(39(31,32)7)49-26(3)43/h24,28-33,35-36H,8-23H2,1-7H3/t24?,28-,29+,30+,31+,32?,33?,35-,36?,37-,38-,39+/m0/s1. The van der Waals surface area contributed by atoms with Gasteiger partial charge in [0.25, 0.3) is 0 Å². The minimum atomic E-state index is -0.700. The zero-order valence-corrected chi connectivity index (χ0v) is 31.6. The van der Waals surface area contributed by atoms with E-state index in [1.54, 1.807) is 0 Å². The van der Waals surface area contributed by atoms with Crippen molar-refractivity contribution in [2.75, 3.05) is 39.5 Å². The van der Waals surface area contributed by atoms with E-state index in [1.165, 1.54) is 20.8 Å². The number of nitrogens with zero attached hydrogens (tertiary/aromatic N) is 2. The van der Waals surface area contributed by atoms with E-state index in [1.807, 2.05) is 0 Å². The zero-order chi connectivity index (χ0) is 36.4. The van der Waals surface area contributed by atoms with Crippen molar-refractivity contribution >= 4 is 30.6 Å². The second kappa shape index (κ2) is 15.6. The van der Waals surface area contributed by atoms with E-state index in [0.717, 1.165) is 58.2 Å². The molecular weight excluding hydrogens is 640 g/mol. The average Bonchev–Trinajstić information content (AvgIpc) is 3.41.